The van der Waals surface area contributed by atoms with E-state index in [0.29, 0.717) is 5.75 Å². The van der Waals surface area contributed by atoms with Crippen LogP contribution >= 0.6 is 0 Å². The predicted octanol–water partition coefficient (Wildman–Crippen LogP) is 2.77. The van der Waals surface area contributed by atoms with Crippen molar-refractivity contribution in [2.45, 2.75) is 13.0 Å². The standard InChI is InChI=1S/C17H18F2N2O4S/c1-11(17(22)20-12-7-8-15(18)16(19)9-12)21(26(3,23)24)13-5-4-6-14(10-13)25-2/h4-11H,1-3H3,(H,20,22)/t11-/m1/s1. The van der Waals surface area contributed by atoms with Crippen LogP contribution in [0, 0.1) is 11.6 Å². The SMILES string of the molecule is COc1cccc(N([C@H](C)C(=O)Nc2ccc(F)c(F)c2)S(C)(=O)=O)c1. The highest BCUT2D eigenvalue weighted by Gasteiger charge is 2.29. The number of carbonyl (C=O) groups is 1. The van der Waals surface area contributed by atoms with E-state index < -0.39 is 33.6 Å². The van der Waals surface area contributed by atoms with Crippen LogP contribution in [0.3, 0.4) is 0 Å². The first kappa shape index (κ1) is 19.6. The van der Waals surface area contributed by atoms with Crippen molar-refractivity contribution in [2.24, 2.45) is 0 Å². The van der Waals surface area contributed by atoms with Crippen molar-refractivity contribution in [1.29, 1.82) is 0 Å². The Morgan fingerprint density at radius 1 is 1.15 bits per heavy atom. The lowest BCUT2D eigenvalue weighted by molar-refractivity contribution is -0.116. The topological polar surface area (TPSA) is 75.7 Å². The van der Waals surface area contributed by atoms with Gasteiger partial charge in [-0.15, -0.1) is 0 Å². The summed E-state index contributed by atoms with van der Waals surface area (Å²) in [7, 11) is -2.38. The first-order valence-corrected chi connectivity index (χ1v) is 9.37. The number of rotatable bonds is 6. The summed E-state index contributed by atoms with van der Waals surface area (Å²) >= 11 is 0. The maximum atomic E-state index is 13.3. The van der Waals surface area contributed by atoms with Crippen molar-refractivity contribution >= 4 is 27.3 Å². The van der Waals surface area contributed by atoms with Gasteiger partial charge in [0, 0.05) is 17.8 Å². The smallest absolute Gasteiger partial charge is 0.247 e. The van der Waals surface area contributed by atoms with E-state index in [-0.39, 0.29) is 11.4 Å². The third kappa shape index (κ3) is 4.48. The molecular formula is C17H18F2N2O4S. The molecule has 140 valence electrons. The van der Waals surface area contributed by atoms with Crippen LogP contribution in [0.2, 0.25) is 0 Å². The highest BCUT2D eigenvalue weighted by atomic mass is 32.2. The molecule has 0 aliphatic heterocycles. The highest BCUT2D eigenvalue weighted by molar-refractivity contribution is 7.92. The first-order valence-electron chi connectivity index (χ1n) is 7.53. The van der Waals surface area contributed by atoms with E-state index >= 15 is 0 Å². The summed E-state index contributed by atoms with van der Waals surface area (Å²) in [6.45, 7) is 1.38. The van der Waals surface area contributed by atoms with Gasteiger partial charge in [0.25, 0.3) is 0 Å². The molecule has 26 heavy (non-hydrogen) atoms. The second-order valence-corrected chi connectivity index (χ2v) is 7.41. The molecule has 0 spiro atoms. The Hall–Kier alpha value is -2.68. The summed E-state index contributed by atoms with van der Waals surface area (Å²) in [5.74, 6) is -2.46. The molecule has 2 aromatic rings. The number of halogens is 2. The van der Waals surface area contributed by atoms with Gasteiger partial charge in [0.15, 0.2) is 11.6 Å². The number of amides is 1. The van der Waals surface area contributed by atoms with Gasteiger partial charge in [0.1, 0.15) is 11.8 Å². The van der Waals surface area contributed by atoms with Crippen LogP contribution in [0.4, 0.5) is 20.2 Å². The molecule has 2 aromatic carbocycles. The Bertz CT molecular complexity index is 919. The van der Waals surface area contributed by atoms with E-state index in [9.17, 15) is 22.0 Å². The molecule has 0 heterocycles. The number of nitrogens with zero attached hydrogens (tertiary/aromatic N) is 1. The fraction of sp³-hybridized carbons (Fsp3) is 0.235. The fourth-order valence-electron chi connectivity index (χ4n) is 2.38. The lowest BCUT2D eigenvalue weighted by atomic mass is 10.2. The molecule has 9 heteroatoms. The van der Waals surface area contributed by atoms with Gasteiger partial charge < -0.3 is 10.1 Å². The predicted molar refractivity (Wildman–Crippen MR) is 94.8 cm³/mol. The van der Waals surface area contributed by atoms with E-state index in [1.165, 1.54) is 32.2 Å². The summed E-state index contributed by atoms with van der Waals surface area (Å²) in [6, 6.07) is 7.93. The molecule has 0 unspecified atom stereocenters. The molecule has 0 aliphatic carbocycles. The number of ether oxygens (including phenoxy) is 1. The van der Waals surface area contributed by atoms with Crippen molar-refractivity contribution < 1.29 is 26.7 Å². The molecule has 1 amide bonds. The average molecular weight is 384 g/mol. The molecule has 0 bridgehead atoms. The largest absolute Gasteiger partial charge is 0.497 e. The number of hydrogen-bond donors (Lipinski definition) is 1. The Morgan fingerprint density at radius 2 is 1.85 bits per heavy atom. The van der Waals surface area contributed by atoms with Crippen LogP contribution in [0.25, 0.3) is 0 Å². The van der Waals surface area contributed by atoms with Gasteiger partial charge in [0.05, 0.1) is 19.1 Å². The molecule has 6 nitrogen and oxygen atoms in total. The number of sulfonamides is 1. The van der Waals surface area contributed by atoms with Crippen LogP contribution in [0.1, 0.15) is 6.92 Å². The van der Waals surface area contributed by atoms with Gasteiger partial charge in [-0.1, -0.05) is 6.07 Å². The fourth-order valence-corrected chi connectivity index (χ4v) is 3.54. The summed E-state index contributed by atoms with van der Waals surface area (Å²) in [6.07, 6.45) is 0.966. The maximum absolute atomic E-state index is 13.3. The van der Waals surface area contributed by atoms with Crippen LogP contribution in [-0.2, 0) is 14.8 Å². The Labute approximate surface area is 150 Å². The van der Waals surface area contributed by atoms with Crippen molar-refractivity contribution in [1.82, 2.24) is 0 Å². The van der Waals surface area contributed by atoms with Crippen LogP contribution in [-0.4, -0.2) is 33.7 Å². The molecule has 0 aromatic heterocycles. The number of benzene rings is 2. The van der Waals surface area contributed by atoms with Gasteiger partial charge in [-0.05, 0) is 31.2 Å². The van der Waals surface area contributed by atoms with Crippen molar-refractivity contribution in [2.75, 3.05) is 23.0 Å². The second-order valence-electron chi connectivity index (χ2n) is 5.55. The second kappa shape index (κ2) is 7.69. The van der Waals surface area contributed by atoms with Crippen molar-refractivity contribution in [3.63, 3.8) is 0 Å². The van der Waals surface area contributed by atoms with Gasteiger partial charge in [-0.2, -0.15) is 0 Å². The monoisotopic (exact) mass is 384 g/mol. The molecule has 1 N–H and O–H groups in total. The lowest BCUT2D eigenvalue weighted by Crippen LogP contribution is -2.45. The summed E-state index contributed by atoms with van der Waals surface area (Å²) < 4.78 is 56.7. The first-order chi connectivity index (χ1) is 12.1. The van der Waals surface area contributed by atoms with Gasteiger partial charge in [0.2, 0.25) is 15.9 Å². The lowest BCUT2D eigenvalue weighted by Gasteiger charge is -2.28. The van der Waals surface area contributed by atoms with Gasteiger partial charge in [-0.25, -0.2) is 17.2 Å². The number of anilines is 2. The van der Waals surface area contributed by atoms with Crippen molar-refractivity contribution in [3.8, 4) is 5.75 Å². The summed E-state index contributed by atoms with van der Waals surface area (Å²) in [5, 5.41) is 2.38. The van der Waals surface area contributed by atoms with Crippen LogP contribution in [0.5, 0.6) is 5.75 Å². The van der Waals surface area contributed by atoms with E-state index in [1.54, 1.807) is 12.1 Å². The van der Waals surface area contributed by atoms with E-state index in [4.69, 9.17) is 4.74 Å². The number of nitrogens with one attached hydrogen (secondary N) is 1. The Morgan fingerprint density at radius 3 is 2.42 bits per heavy atom. The van der Waals surface area contributed by atoms with E-state index in [2.05, 4.69) is 5.32 Å². The quantitative estimate of drug-likeness (QED) is 0.831. The molecule has 0 radical (unpaired) electrons. The van der Waals surface area contributed by atoms with Crippen LogP contribution in [0.15, 0.2) is 42.5 Å². The molecule has 0 saturated heterocycles. The zero-order chi connectivity index (χ0) is 19.5. The zero-order valence-corrected chi connectivity index (χ0v) is 15.2. The minimum absolute atomic E-state index is 0.0137. The minimum atomic E-state index is -3.81. The number of carbonyl (C=O) groups excluding carboxylic acids is 1. The zero-order valence-electron chi connectivity index (χ0n) is 14.4. The highest BCUT2D eigenvalue weighted by Crippen LogP contribution is 2.26. The minimum Gasteiger partial charge on any atom is -0.497 e. The third-order valence-corrected chi connectivity index (χ3v) is 4.83. The average Bonchev–Trinajstić information content (AvgIpc) is 2.57. The molecule has 2 rings (SSSR count). The third-order valence-electron chi connectivity index (χ3n) is 3.58. The molecule has 0 aliphatic rings. The number of methoxy groups -OCH3 is 1. The van der Waals surface area contributed by atoms with Gasteiger partial charge >= 0.3 is 0 Å². The van der Waals surface area contributed by atoms with Crippen LogP contribution < -0.4 is 14.4 Å². The van der Waals surface area contributed by atoms with E-state index in [1.807, 2.05) is 0 Å². The normalized spacial score (nSPS) is 12.3. The molecular weight excluding hydrogens is 366 g/mol. The van der Waals surface area contributed by atoms with Gasteiger partial charge in [-0.3, -0.25) is 9.10 Å². The number of hydrogen-bond acceptors (Lipinski definition) is 4. The Kier molecular flexibility index (Phi) is 5.81. The Balaban J connectivity index is 2.32. The van der Waals surface area contributed by atoms with E-state index in [0.717, 1.165) is 22.7 Å². The van der Waals surface area contributed by atoms with Crippen molar-refractivity contribution in [3.05, 3.63) is 54.1 Å². The summed E-state index contributed by atoms with van der Waals surface area (Å²) in [4.78, 5) is 12.5. The molecule has 1 atom stereocenters. The summed E-state index contributed by atoms with van der Waals surface area (Å²) in [5.41, 5.74) is 0.250. The maximum Gasteiger partial charge on any atom is 0.247 e. The molecule has 0 saturated carbocycles. The molecule has 0 fully saturated rings.